The Balaban J connectivity index is 1.40. The molecule has 5 rings (SSSR count). The zero-order chi connectivity index (χ0) is 19.3. The van der Waals surface area contributed by atoms with Crippen LogP contribution >= 0.6 is 0 Å². The van der Waals surface area contributed by atoms with Crippen molar-refractivity contribution in [1.82, 2.24) is 30.1 Å². The number of fused-ring (bicyclic) bond motifs is 2. The number of aryl methyl sites for hydroxylation is 3. The van der Waals surface area contributed by atoms with E-state index >= 15 is 0 Å². The van der Waals surface area contributed by atoms with E-state index in [1.54, 1.807) is 11.3 Å². The van der Waals surface area contributed by atoms with Crippen molar-refractivity contribution in [2.45, 2.75) is 32.7 Å². The molecule has 0 saturated carbocycles. The van der Waals surface area contributed by atoms with Crippen LogP contribution in [-0.2, 0) is 6.42 Å². The van der Waals surface area contributed by atoms with E-state index in [2.05, 4.69) is 31.7 Å². The fourth-order valence-corrected chi connectivity index (χ4v) is 3.70. The lowest BCUT2D eigenvalue weighted by molar-refractivity contribution is 0.0925. The van der Waals surface area contributed by atoms with Gasteiger partial charge in [0.25, 0.3) is 5.91 Å². The molecule has 3 aromatic heterocycles. The van der Waals surface area contributed by atoms with E-state index < -0.39 is 0 Å². The van der Waals surface area contributed by atoms with Crippen molar-refractivity contribution < 1.29 is 9.32 Å². The van der Waals surface area contributed by atoms with Gasteiger partial charge in [-0.2, -0.15) is 4.98 Å². The number of nitrogens with one attached hydrogen (secondary N) is 1. The number of carbonyl (C=O) groups excluding carboxylic acids is 1. The van der Waals surface area contributed by atoms with Gasteiger partial charge in [0.05, 0.1) is 6.04 Å². The zero-order valence-electron chi connectivity index (χ0n) is 15.5. The van der Waals surface area contributed by atoms with Crippen molar-refractivity contribution in [3.05, 3.63) is 64.9 Å². The van der Waals surface area contributed by atoms with Gasteiger partial charge in [-0.15, -0.1) is 10.2 Å². The highest BCUT2D eigenvalue weighted by Gasteiger charge is 2.26. The highest BCUT2D eigenvalue weighted by molar-refractivity contribution is 5.91. The minimum absolute atomic E-state index is 0.0549. The number of pyridine rings is 1. The third-order valence-corrected chi connectivity index (χ3v) is 5.07. The van der Waals surface area contributed by atoms with Crippen molar-refractivity contribution in [3.63, 3.8) is 0 Å². The molecule has 8 nitrogen and oxygen atoms in total. The largest absolute Gasteiger partial charge is 0.342 e. The molecule has 3 heterocycles. The molecule has 0 radical (unpaired) electrons. The van der Waals surface area contributed by atoms with E-state index in [0.717, 1.165) is 29.5 Å². The predicted molar refractivity (Wildman–Crippen MR) is 101 cm³/mol. The summed E-state index contributed by atoms with van der Waals surface area (Å²) in [5.41, 5.74) is 4.91. The molecule has 1 atom stereocenters. The van der Waals surface area contributed by atoms with Gasteiger partial charge in [0.1, 0.15) is 0 Å². The summed E-state index contributed by atoms with van der Waals surface area (Å²) < 4.78 is 6.79. The lowest BCUT2D eigenvalue weighted by Crippen LogP contribution is -2.28. The van der Waals surface area contributed by atoms with Crippen molar-refractivity contribution in [2.24, 2.45) is 0 Å². The fraction of sp³-hybridized carbons (Fsp3) is 0.250. The van der Waals surface area contributed by atoms with Gasteiger partial charge < -0.3 is 9.84 Å². The maximum atomic E-state index is 12.8. The first-order valence-electron chi connectivity index (χ1n) is 9.14. The average molecular weight is 374 g/mol. The molecule has 28 heavy (non-hydrogen) atoms. The van der Waals surface area contributed by atoms with Gasteiger partial charge in [-0.05, 0) is 48.6 Å². The van der Waals surface area contributed by atoms with Crippen LogP contribution in [0.2, 0.25) is 0 Å². The Bertz CT molecular complexity index is 1210. The second-order valence-corrected chi connectivity index (χ2v) is 7.07. The molecule has 1 aliphatic rings. The Morgan fingerprint density at radius 1 is 1.21 bits per heavy atom. The van der Waals surface area contributed by atoms with Gasteiger partial charge in [-0.3, -0.25) is 9.20 Å². The van der Waals surface area contributed by atoms with Crippen LogP contribution in [0.1, 0.15) is 45.7 Å². The SMILES string of the molecule is Cc1ccc2nnc(C(=O)N[C@@H]3CCc4cc(-c5noc(C)n5)ccc43)n2c1. The van der Waals surface area contributed by atoms with Crippen LogP contribution in [0.3, 0.4) is 0 Å². The summed E-state index contributed by atoms with van der Waals surface area (Å²) in [6.07, 6.45) is 3.59. The van der Waals surface area contributed by atoms with Gasteiger partial charge >= 0.3 is 0 Å². The van der Waals surface area contributed by atoms with E-state index in [4.69, 9.17) is 4.52 Å². The Hall–Kier alpha value is -3.55. The Morgan fingerprint density at radius 2 is 2.11 bits per heavy atom. The second-order valence-electron chi connectivity index (χ2n) is 7.07. The molecule has 0 spiro atoms. The number of rotatable bonds is 3. The van der Waals surface area contributed by atoms with E-state index in [9.17, 15) is 4.79 Å². The molecular weight excluding hydrogens is 356 g/mol. The molecule has 0 unspecified atom stereocenters. The van der Waals surface area contributed by atoms with Crippen molar-refractivity contribution in [2.75, 3.05) is 0 Å². The minimum Gasteiger partial charge on any atom is -0.342 e. The van der Waals surface area contributed by atoms with Crippen LogP contribution < -0.4 is 5.32 Å². The van der Waals surface area contributed by atoms with Gasteiger partial charge in [0.2, 0.25) is 17.5 Å². The summed E-state index contributed by atoms with van der Waals surface area (Å²) in [6.45, 7) is 3.74. The Morgan fingerprint density at radius 3 is 2.93 bits per heavy atom. The van der Waals surface area contributed by atoms with Gasteiger partial charge in [-0.25, -0.2) is 0 Å². The quantitative estimate of drug-likeness (QED) is 0.592. The first-order chi connectivity index (χ1) is 13.6. The summed E-state index contributed by atoms with van der Waals surface area (Å²) in [5.74, 6) is 1.19. The summed E-state index contributed by atoms with van der Waals surface area (Å²) in [6, 6.07) is 9.80. The number of amides is 1. The molecule has 0 saturated heterocycles. The van der Waals surface area contributed by atoms with Crippen LogP contribution in [-0.4, -0.2) is 30.6 Å². The Kier molecular flexibility index (Phi) is 3.71. The van der Waals surface area contributed by atoms with Crippen molar-refractivity contribution in [1.29, 1.82) is 0 Å². The third kappa shape index (κ3) is 2.74. The van der Waals surface area contributed by atoms with Gasteiger partial charge in [0, 0.05) is 18.7 Å². The maximum absolute atomic E-state index is 12.8. The lowest BCUT2D eigenvalue weighted by atomic mass is 10.0. The molecule has 0 aliphatic heterocycles. The number of nitrogens with zero attached hydrogens (tertiary/aromatic N) is 5. The molecule has 4 aromatic rings. The predicted octanol–water partition coefficient (Wildman–Crippen LogP) is 2.81. The van der Waals surface area contributed by atoms with Crippen LogP contribution in [0, 0.1) is 13.8 Å². The average Bonchev–Trinajstić information content (AvgIpc) is 3.39. The van der Waals surface area contributed by atoms with E-state index in [0.29, 0.717) is 23.2 Å². The molecule has 140 valence electrons. The second kappa shape index (κ2) is 6.26. The normalized spacial score (nSPS) is 15.7. The summed E-state index contributed by atoms with van der Waals surface area (Å²) in [4.78, 5) is 17.1. The number of aromatic nitrogens is 5. The van der Waals surface area contributed by atoms with Gasteiger partial charge in [0.15, 0.2) is 5.65 Å². The summed E-state index contributed by atoms with van der Waals surface area (Å²) in [7, 11) is 0. The smallest absolute Gasteiger partial charge is 0.290 e. The van der Waals surface area contributed by atoms with E-state index in [1.165, 1.54) is 5.56 Å². The number of hydrogen-bond donors (Lipinski definition) is 1. The van der Waals surface area contributed by atoms with E-state index in [1.807, 2.05) is 37.4 Å². The standard InChI is InChI=1S/C20H18N6O2/c1-11-3-8-17-23-24-19(26(17)10-11)20(27)22-16-7-5-13-9-14(4-6-15(13)16)18-21-12(2)28-25-18/h3-4,6,8-10,16H,5,7H2,1-2H3,(H,22,27)/t16-/m1/s1. The fourth-order valence-electron chi connectivity index (χ4n) is 3.70. The molecule has 8 heteroatoms. The highest BCUT2D eigenvalue weighted by atomic mass is 16.5. The topological polar surface area (TPSA) is 98.2 Å². The first kappa shape index (κ1) is 16.6. The molecule has 1 N–H and O–H groups in total. The van der Waals surface area contributed by atoms with Gasteiger partial charge in [-0.1, -0.05) is 23.4 Å². The van der Waals surface area contributed by atoms with Crippen LogP contribution in [0.4, 0.5) is 0 Å². The molecule has 1 aromatic carbocycles. The monoisotopic (exact) mass is 374 g/mol. The van der Waals surface area contributed by atoms with E-state index in [-0.39, 0.29) is 11.9 Å². The number of carbonyl (C=O) groups is 1. The molecule has 1 aliphatic carbocycles. The molecule has 0 fully saturated rings. The van der Waals surface area contributed by atoms with Crippen LogP contribution in [0.15, 0.2) is 41.1 Å². The summed E-state index contributed by atoms with van der Waals surface area (Å²) in [5, 5.41) is 15.2. The summed E-state index contributed by atoms with van der Waals surface area (Å²) >= 11 is 0. The van der Waals surface area contributed by atoms with Crippen molar-refractivity contribution in [3.8, 4) is 11.4 Å². The number of hydrogen-bond acceptors (Lipinski definition) is 6. The van der Waals surface area contributed by atoms with Crippen molar-refractivity contribution >= 4 is 11.6 Å². The minimum atomic E-state index is -0.228. The Labute approximate surface area is 160 Å². The van der Waals surface area contributed by atoms with Crippen LogP contribution in [0.25, 0.3) is 17.0 Å². The molecule has 1 amide bonds. The van der Waals surface area contributed by atoms with Crippen LogP contribution in [0.5, 0.6) is 0 Å². The number of benzene rings is 1. The highest BCUT2D eigenvalue weighted by Crippen LogP contribution is 2.33. The zero-order valence-corrected chi connectivity index (χ0v) is 15.5. The lowest BCUT2D eigenvalue weighted by Gasteiger charge is -2.13. The third-order valence-electron chi connectivity index (χ3n) is 5.07. The molecule has 0 bridgehead atoms. The first-order valence-corrected chi connectivity index (χ1v) is 9.14. The molecular formula is C20H18N6O2. The maximum Gasteiger partial charge on any atom is 0.290 e.